The molecule has 218 valence electrons. The van der Waals surface area contributed by atoms with Crippen LogP contribution in [0.15, 0.2) is 41.1 Å². The Morgan fingerprint density at radius 2 is 1.85 bits per heavy atom. The highest BCUT2D eigenvalue weighted by Crippen LogP contribution is 2.70. The molecule has 1 amide bonds. The van der Waals surface area contributed by atoms with Crippen molar-refractivity contribution in [3.63, 3.8) is 0 Å². The van der Waals surface area contributed by atoms with Gasteiger partial charge in [-0.2, -0.15) is 0 Å². The van der Waals surface area contributed by atoms with Crippen LogP contribution >= 0.6 is 0 Å². The molecule has 0 heterocycles. The van der Waals surface area contributed by atoms with Gasteiger partial charge in [-0.05, 0) is 76.0 Å². The number of Topliss-reactive ketones (excluding diaryl/α,β-unsaturated/α-hetero) is 1. The first kappa shape index (κ1) is 28.9. The van der Waals surface area contributed by atoms with Gasteiger partial charge in [0.15, 0.2) is 5.78 Å². The van der Waals surface area contributed by atoms with Crippen molar-refractivity contribution >= 4 is 17.4 Å². The molecule has 0 aromatic heterocycles. The first-order valence-electron chi connectivity index (χ1n) is 14.4. The molecule has 4 N–H and O–H groups in total. The van der Waals surface area contributed by atoms with Crippen LogP contribution in [0.3, 0.4) is 0 Å². The van der Waals surface area contributed by atoms with Gasteiger partial charge in [0.05, 0.1) is 18.4 Å². The first-order chi connectivity index (χ1) is 18.9. The van der Waals surface area contributed by atoms with Crippen LogP contribution in [0.4, 0.5) is 4.39 Å². The van der Waals surface area contributed by atoms with E-state index in [2.05, 4.69) is 10.5 Å². The largest absolute Gasteiger partial charge is 0.394 e. The Kier molecular flexibility index (Phi) is 7.46. The van der Waals surface area contributed by atoms with Crippen molar-refractivity contribution in [1.29, 1.82) is 0 Å². The van der Waals surface area contributed by atoms with Gasteiger partial charge < -0.3 is 25.5 Å². The van der Waals surface area contributed by atoms with E-state index in [-0.39, 0.29) is 31.3 Å². The second kappa shape index (κ2) is 10.3. The van der Waals surface area contributed by atoms with Gasteiger partial charge in [-0.3, -0.25) is 9.59 Å². The van der Waals surface area contributed by atoms with E-state index in [0.717, 1.165) is 11.1 Å². The van der Waals surface area contributed by atoms with Gasteiger partial charge in [0.25, 0.3) is 5.91 Å². The zero-order chi connectivity index (χ0) is 28.9. The molecular formula is C31H41FN2O6. The van der Waals surface area contributed by atoms with E-state index in [9.17, 15) is 24.9 Å². The predicted molar refractivity (Wildman–Crippen MR) is 147 cm³/mol. The maximum atomic E-state index is 17.4. The van der Waals surface area contributed by atoms with Crippen molar-refractivity contribution in [2.45, 2.75) is 83.1 Å². The van der Waals surface area contributed by atoms with Crippen LogP contribution in [-0.4, -0.2) is 69.9 Å². The Morgan fingerprint density at radius 3 is 2.55 bits per heavy atom. The second-order valence-corrected chi connectivity index (χ2v) is 12.7. The van der Waals surface area contributed by atoms with Gasteiger partial charge in [-0.15, -0.1) is 0 Å². The molecule has 0 spiro atoms. The van der Waals surface area contributed by atoms with Crippen LogP contribution in [0.5, 0.6) is 0 Å². The molecule has 0 aliphatic heterocycles. The highest BCUT2D eigenvalue weighted by Gasteiger charge is 2.74. The summed E-state index contributed by atoms with van der Waals surface area (Å²) in [5.74, 6) is -1.60. The van der Waals surface area contributed by atoms with Gasteiger partial charge >= 0.3 is 0 Å². The van der Waals surface area contributed by atoms with E-state index in [1.807, 2.05) is 32.1 Å². The van der Waals surface area contributed by atoms with Crippen molar-refractivity contribution in [1.82, 2.24) is 5.32 Å². The molecule has 8 nitrogen and oxygen atoms in total. The summed E-state index contributed by atoms with van der Waals surface area (Å²) < 4.78 is 17.4. The summed E-state index contributed by atoms with van der Waals surface area (Å²) in [5.41, 5.74) is -2.29. The zero-order valence-corrected chi connectivity index (χ0v) is 23.6. The summed E-state index contributed by atoms with van der Waals surface area (Å²) in [6.07, 6.45) is 3.23. The molecule has 40 heavy (non-hydrogen) atoms. The minimum absolute atomic E-state index is 0.0336. The summed E-state index contributed by atoms with van der Waals surface area (Å²) in [7, 11) is 0. The normalized spacial score (nSPS) is 39.5. The Morgan fingerprint density at radius 1 is 1.12 bits per heavy atom. The summed E-state index contributed by atoms with van der Waals surface area (Å²) in [6.45, 7) is 5.35. The van der Waals surface area contributed by atoms with Crippen molar-refractivity contribution in [3.05, 3.63) is 47.0 Å². The van der Waals surface area contributed by atoms with E-state index < -0.39 is 46.5 Å². The number of carbonyl (C=O) groups excluding carboxylic acids is 2. The average molecular weight is 557 g/mol. The number of nitrogens with zero attached hydrogens (tertiary/aromatic N) is 1. The molecule has 4 aliphatic rings. The number of aliphatic hydroxyl groups excluding tert-OH is 2. The molecule has 1 aromatic rings. The number of benzene rings is 1. The Bertz CT molecular complexity index is 1230. The lowest BCUT2D eigenvalue weighted by molar-refractivity contribution is -0.226. The third kappa shape index (κ3) is 4.23. The molecule has 7 atom stereocenters. The Labute approximate surface area is 234 Å². The molecule has 0 unspecified atom stereocenters. The van der Waals surface area contributed by atoms with E-state index in [1.165, 1.54) is 0 Å². The molecule has 0 bridgehead atoms. The molecular weight excluding hydrogens is 515 g/mol. The van der Waals surface area contributed by atoms with E-state index in [1.54, 1.807) is 19.1 Å². The number of allylic oxidation sites excluding steroid dienone is 2. The SMILES string of the molecule is Cc1ccc(C(=O)NCCO/N=C2/C=C3CC[C@H]4[C@@H]5CC[C@](O)(C(=O)CO)[C@@]5(C)C[C@H](O)[C@]4(F)[C@@]3(C)CC2)cc1. The van der Waals surface area contributed by atoms with Crippen LogP contribution in [-0.2, 0) is 9.63 Å². The topological polar surface area (TPSA) is 128 Å². The van der Waals surface area contributed by atoms with Gasteiger partial charge in [-0.1, -0.05) is 42.3 Å². The molecule has 3 saturated carbocycles. The number of oxime groups is 1. The number of alkyl halides is 1. The van der Waals surface area contributed by atoms with Gasteiger partial charge in [-0.25, -0.2) is 4.39 Å². The van der Waals surface area contributed by atoms with Crippen molar-refractivity contribution < 1.29 is 34.1 Å². The molecule has 9 heteroatoms. The fourth-order valence-corrected chi connectivity index (χ4v) is 8.39. The maximum absolute atomic E-state index is 17.4. The lowest BCUT2D eigenvalue weighted by atomic mass is 9.44. The minimum Gasteiger partial charge on any atom is -0.394 e. The average Bonchev–Trinajstić information content (AvgIpc) is 3.20. The lowest BCUT2D eigenvalue weighted by Crippen LogP contribution is -2.69. The van der Waals surface area contributed by atoms with Gasteiger partial charge in [0, 0.05) is 22.3 Å². The van der Waals surface area contributed by atoms with E-state index >= 15 is 4.39 Å². The maximum Gasteiger partial charge on any atom is 0.251 e. The third-order valence-electron chi connectivity index (χ3n) is 10.8. The number of fused-ring (bicyclic) bond motifs is 5. The molecule has 0 saturated heterocycles. The first-order valence-corrected chi connectivity index (χ1v) is 14.4. The number of hydrogen-bond acceptors (Lipinski definition) is 7. The smallest absolute Gasteiger partial charge is 0.251 e. The number of rotatable bonds is 7. The highest BCUT2D eigenvalue weighted by atomic mass is 19.1. The quantitative estimate of drug-likeness (QED) is 0.301. The lowest BCUT2D eigenvalue weighted by Gasteiger charge is -2.63. The molecule has 0 radical (unpaired) electrons. The molecule has 1 aromatic carbocycles. The van der Waals surface area contributed by atoms with Crippen LogP contribution in [0, 0.1) is 29.6 Å². The van der Waals surface area contributed by atoms with Gasteiger partial charge in [0.1, 0.15) is 24.5 Å². The number of hydrogen-bond donors (Lipinski definition) is 4. The summed E-state index contributed by atoms with van der Waals surface area (Å²) in [4.78, 5) is 30.3. The zero-order valence-electron chi connectivity index (χ0n) is 23.6. The number of aliphatic hydroxyl groups is 3. The molecule has 3 fully saturated rings. The fourth-order valence-electron chi connectivity index (χ4n) is 8.39. The van der Waals surface area contributed by atoms with Crippen LogP contribution < -0.4 is 5.32 Å². The Hall–Kier alpha value is -2.62. The van der Waals surface area contributed by atoms with E-state index in [0.29, 0.717) is 49.9 Å². The summed E-state index contributed by atoms with van der Waals surface area (Å²) in [6, 6.07) is 7.31. The summed E-state index contributed by atoms with van der Waals surface area (Å²) in [5, 5.41) is 39.3. The number of carbonyl (C=O) groups is 2. The fraction of sp³-hybridized carbons (Fsp3) is 0.645. The highest BCUT2D eigenvalue weighted by molar-refractivity contribution is 5.96. The van der Waals surface area contributed by atoms with Crippen LogP contribution in [0.25, 0.3) is 0 Å². The van der Waals surface area contributed by atoms with Crippen molar-refractivity contribution in [2.24, 2.45) is 27.8 Å². The minimum atomic E-state index is -1.90. The number of ketones is 1. The molecule has 4 aliphatic carbocycles. The summed E-state index contributed by atoms with van der Waals surface area (Å²) >= 11 is 0. The number of nitrogens with one attached hydrogen (secondary N) is 1. The third-order valence-corrected chi connectivity index (χ3v) is 10.8. The van der Waals surface area contributed by atoms with E-state index in [4.69, 9.17) is 4.84 Å². The van der Waals surface area contributed by atoms with Crippen LogP contribution in [0.2, 0.25) is 0 Å². The molecule has 5 rings (SSSR count). The second-order valence-electron chi connectivity index (χ2n) is 12.7. The monoisotopic (exact) mass is 556 g/mol. The Balaban J connectivity index is 1.26. The van der Waals surface area contributed by atoms with Crippen molar-refractivity contribution in [3.8, 4) is 0 Å². The predicted octanol–water partition coefficient (Wildman–Crippen LogP) is 3.42. The number of halogens is 1. The van der Waals surface area contributed by atoms with Crippen molar-refractivity contribution in [2.75, 3.05) is 19.8 Å². The van der Waals surface area contributed by atoms with Crippen LogP contribution in [0.1, 0.15) is 74.7 Å². The number of aryl methyl sites for hydroxylation is 1. The van der Waals surface area contributed by atoms with Gasteiger partial charge in [0.2, 0.25) is 0 Å². The standard InChI is InChI=1S/C31H41FN2O6/c1-19-4-6-20(7-5-19)27(38)33-14-15-40-34-22-10-12-28(2)21(16-22)8-9-24-23-11-13-30(39,26(37)18-35)29(23,3)17-25(36)31(24,28)32/h4-7,16,23-25,35-36,39H,8-15,17-18H2,1-3H3,(H,33,38)/b34-22+/t23-,24-,25-,28-,29-,30-,31-/m0/s1. The number of amides is 1.